The first-order chi connectivity index (χ1) is 14.0. The van der Waals surface area contributed by atoms with E-state index in [2.05, 4.69) is 60.5 Å². The number of ether oxygens (including phenoxy) is 1. The molecule has 0 aliphatic heterocycles. The van der Waals surface area contributed by atoms with Crippen LogP contribution in [0.2, 0.25) is 0 Å². The van der Waals surface area contributed by atoms with Gasteiger partial charge in [0.1, 0.15) is 5.76 Å². The van der Waals surface area contributed by atoms with Crippen molar-refractivity contribution in [1.29, 1.82) is 0 Å². The van der Waals surface area contributed by atoms with Gasteiger partial charge in [0.05, 0.1) is 18.5 Å². The molecular formula is C24H37N3O2. The third-order valence-electron chi connectivity index (χ3n) is 3.97. The number of aromatic nitrogens is 2. The highest BCUT2D eigenvalue weighted by Gasteiger charge is 2.14. The molecule has 5 nitrogen and oxygen atoms in total. The Hall–Kier alpha value is -2.82. The Kier molecular flexibility index (Phi) is 10.5. The molecule has 0 radical (unpaired) electrons. The van der Waals surface area contributed by atoms with Gasteiger partial charge in [0, 0.05) is 25.3 Å². The summed E-state index contributed by atoms with van der Waals surface area (Å²) in [5.74, 6) is 1.35. The molecule has 0 unspecified atom stereocenters. The molecular weight excluding hydrogens is 362 g/mol. The van der Waals surface area contributed by atoms with E-state index in [1.54, 1.807) is 13.3 Å². The number of nitrogens with zero attached hydrogens (tertiary/aromatic N) is 2. The highest BCUT2D eigenvalue weighted by molar-refractivity contribution is 5.72. The molecule has 0 fully saturated rings. The summed E-state index contributed by atoms with van der Waals surface area (Å²) >= 11 is 0. The monoisotopic (exact) mass is 399 g/mol. The third-order valence-corrected chi connectivity index (χ3v) is 3.97. The van der Waals surface area contributed by atoms with Crippen molar-refractivity contribution in [2.75, 3.05) is 12.4 Å². The lowest BCUT2D eigenvalue weighted by molar-refractivity contribution is 0.393. The van der Waals surface area contributed by atoms with Gasteiger partial charge in [0.2, 0.25) is 5.88 Å². The van der Waals surface area contributed by atoms with Crippen LogP contribution in [0.3, 0.4) is 0 Å². The first-order valence-corrected chi connectivity index (χ1v) is 10.3. The molecule has 160 valence electrons. The van der Waals surface area contributed by atoms with E-state index in [1.807, 2.05) is 33.8 Å². The SMILES string of the molecule is CC.CCC.COc1ncc(-c2c(C)noc2C)cc1NCc1ccc(C)cc1.[HH]. The van der Waals surface area contributed by atoms with E-state index in [0.717, 1.165) is 28.3 Å². The van der Waals surface area contributed by atoms with Crippen molar-refractivity contribution < 1.29 is 10.7 Å². The van der Waals surface area contributed by atoms with E-state index >= 15 is 0 Å². The van der Waals surface area contributed by atoms with Crippen LogP contribution in [0.25, 0.3) is 11.1 Å². The summed E-state index contributed by atoms with van der Waals surface area (Å²) in [7, 11) is 1.62. The molecule has 0 aliphatic rings. The number of methoxy groups -OCH3 is 1. The van der Waals surface area contributed by atoms with Crippen molar-refractivity contribution in [2.45, 2.75) is 61.4 Å². The first-order valence-electron chi connectivity index (χ1n) is 10.3. The predicted octanol–water partition coefficient (Wildman–Crippen LogP) is 6.97. The summed E-state index contributed by atoms with van der Waals surface area (Å²) in [5.41, 5.74) is 6.07. The maximum atomic E-state index is 5.37. The van der Waals surface area contributed by atoms with Crippen molar-refractivity contribution in [1.82, 2.24) is 10.1 Å². The van der Waals surface area contributed by atoms with Crippen LogP contribution in [0, 0.1) is 20.8 Å². The molecule has 0 spiro atoms. The van der Waals surface area contributed by atoms with Crippen LogP contribution < -0.4 is 10.1 Å². The fourth-order valence-electron chi connectivity index (χ4n) is 2.68. The smallest absolute Gasteiger partial charge is 0.237 e. The quantitative estimate of drug-likeness (QED) is 0.502. The molecule has 3 rings (SSSR count). The molecule has 2 aromatic heterocycles. The molecule has 29 heavy (non-hydrogen) atoms. The topological polar surface area (TPSA) is 60.2 Å². The van der Waals surface area contributed by atoms with E-state index in [-0.39, 0.29) is 1.43 Å². The van der Waals surface area contributed by atoms with Crippen molar-refractivity contribution in [2.24, 2.45) is 0 Å². The summed E-state index contributed by atoms with van der Waals surface area (Å²) in [4.78, 5) is 4.41. The molecule has 0 bridgehead atoms. The number of hydrogen-bond acceptors (Lipinski definition) is 5. The normalized spacial score (nSPS) is 9.66. The van der Waals surface area contributed by atoms with Gasteiger partial charge in [-0.05, 0) is 32.4 Å². The number of benzene rings is 1. The van der Waals surface area contributed by atoms with Crippen LogP contribution in [0.1, 0.15) is 58.1 Å². The maximum Gasteiger partial charge on any atom is 0.237 e. The third kappa shape index (κ3) is 6.93. The van der Waals surface area contributed by atoms with Crippen LogP contribution in [0.5, 0.6) is 5.88 Å². The van der Waals surface area contributed by atoms with Crippen molar-refractivity contribution in [3.05, 3.63) is 59.1 Å². The minimum atomic E-state index is 0. The lowest BCUT2D eigenvalue weighted by atomic mass is 10.1. The van der Waals surface area contributed by atoms with E-state index < -0.39 is 0 Å². The Morgan fingerprint density at radius 1 is 1.07 bits per heavy atom. The minimum absolute atomic E-state index is 0. The van der Waals surface area contributed by atoms with Crippen molar-refractivity contribution in [3.8, 4) is 17.0 Å². The standard InChI is InChI=1S/C19H21N3O2.C3H8.C2H6.H2/c1-12-5-7-15(8-6-12)10-20-17-9-16(11-21-19(17)23-4)18-13(2)22-24-14(18)3;1-3-2;1-2;/h5-9,11,20H,10H2,1-4H3;3H2,1-2H3;1-2H3;1H. The highest BCUT2D eigenvalue weighted by Crippen LogP contribution is 2.32. The van der Waals surface area contributed by atoms with Gasteiger partial charge in [0.15, 0.2) is 0 Å². The second kappa shape index (κ2) is 12.6. The van der Waals surface area contributed by atoms with Crippen molar-refractivity contribution in [3.63, 3.8) is 0 Å². The lowest BCUT2D eigenvalue weighted by Gasteiger charge is -2.12. The fraction of sp³-hybridized carbons (Fsp3) is 0.417. The molecule has 1 aromatic carbocycles. The largest absolute Gasteiger partial charge is 0.480 e. The molecule has 0 saturated carbocycles. The zero-order chi connectivity index (χ0) is 21.8. The second-order valence-electron chi connectivity index (χ2n) is 6.53. The maximum absolute atomic E-state index is 5.37. The Morgan fingerprint density at radius 3 is 2.21 bits per heavy atom. The summed E-state index contributed by atoms with van der Waals surface area (Å²) in [6.07, 6.45) is 3.03. The van der Waals surface area contributed by atoms with Crippen LogP contribution in [-0.4, -0.2) is 17.3 Å². The summed E-state index contributed by atoms with van der Waals surface area (Å²) in [5, 5.41) is 7.41. The van der Waals surface area contributed by atoms with Crippen molar-refractivity contribution >= 4 is 5.69 Å². The van der Waals surface area contributed by atoms with E-state index in [4.69, 9.17) is 9.26 Å². The summed E-state index contributed by atoms with van der Waals surface area (Å²) < 4.78 is 10.6. The van der Waals surface area contributed by atoms with E-state index in [9.17, 15) is 0 Å². The molecule has 0 atom stereocenters. The van der Waals surface area contributed by atoms with E-state index in [0.29, 0.717) is 12.4 Å². The van der Waals surface area contributed by atoms with Crippen LogP contribution in [0.15, 0.2) is 41.1 Å². The van der Waals surface area contributed by atoms with Gasteiger partial charge in [-0.2, -0.15) is 0 Å². The fourth-order valence-corrected chi connectivity index (χ4v) is 2.68. The molecule has 0 saturated heterocycles. The summed E-state index contributed by atoms with van der Waals surface area (Å²) in [6, 6.07) is 10.5. The Labute approximate surface area is 177 Å². The molecule has 2 heterocycles. The minimum Gasteiger partial charge on any atom is -0.480 e. The van der Waals surface area contributed by atoms with Gasteiger partial charge in [-0.3, -0.25) is 0 Å². The van der Waals surface area contributed by atoms with Gasteiger partial charge in [0.25, 0.3) is 0 Å². The molecule has 0 aliphatic carbocycles. The Balaban J connectivity index is 0.00000129. The molecule has 5 heteroatoms. The van der Waals surface area contributed by atoms with Gasteiger partial charge in [-0.15, -0.1) is 0 Å². The summed E-state index contributed by atoms with van der Waals surface area (Å²) in [6.45, 7) is 14.9. The van der Waals surface area contributed by atoms with Crippen LogP contribution >= 0.6 is 0 Å². The van der Waals surface area contributed by atoms with Crippen LogP contribution in [-0.2, 0) is 6.54 Å². The zero-order valence-corrected chi connectivity index (χ0v) is 19.1. The number of aryl methyl sites for hydroxylation is 3. The Morgan fingerprint density at radius 2 is 1.69 bits per heavy atom. The van der Waals surface area contributed by atoms with Gasteiger partial charge in [-0.25, -0.2) is 4.98 Å². The predicted molar refractivity (Wildman–Crippen MR) is 124 cm³/mol. The molecule has 0 amide bonds. The molecule has 3 aromatic rings. The average molecular weight is 400 g/mol. The van der Waals surface area contributed by atoms with Gasteiger partial charge < -0.3 is 14.6 Å². The number of pyridine rings is 1. The number of hydrogen-bond donors (Lipinski definition) is 1. The van der Waals surface area contributed by atoms with Crippen LogP contribution in [0.4, 0.5) is 5.69 Å². The van der Waals surface area contributed by atoms with Gasteiger partial charge >= 0.3 is 0 Å². The average Bonchev–Trinajstić information content (AvgIpc) is 3.07. The number of rotatable bonds is 5. The Bertz CT molecular complexity index is 842. The second-order valence-corrected chi connectivity index (χ2v) is 6.53. The lowest BCUT2D eigenvalue weighted by Crippen LogP contribution is -2.03. The highest BCUT2D eigenvalue weighted by atomic mass is 16.5. The van der Waals surface area contributed by atoms with E-state index in [1.165, 1.54) is 17.5 Å². The number of anilines is 1. The van der Waals surface area contributed by atoms with Gasteiger partial charge in [-0.1, -0.05) is 69.1 Å². The zero-order valence-electron chi connectivity index (χ0n) is 19.1. The number of nitrogens with one attached hydrogen (secondary N) is 1. The first kappa shape index (κ1) is 24.2. The molecule has 1 N–H and O–H groups in total.